The second-order valence-electron chi connectivity index (χ2n) is 4.32. The van der Waals surface area contributed by atoms with E-state index in [0.29, 0.717) is 11.6 Å². The number of nitrogens with zero attached hydrogens (tertiary/aromatic N) is 1. The van der Waals surface area contributed by atoms with Crippen molar-refractivity contribution in [3.63, 3.8) is 0 Å². The number of hydrogen-bond acceptors (Lipinski definition) is 4. The van der Waals surface area contributed by atoms with Crippen molar-refractivity contribution < 1.29 is 9.72 Å². The van der Waals surface area contributed by atoms with Gasteiger partial charge < -0.3 is 11.1 Å². The van der Waals surface area contributed by atoms with Gasteiger partial charge in [0.25, 0.3) is 5.69 Å². The Kier molecular flexibility index (Phi) is 2.71. The highest BCUT2D eigenvalue weighted by molar-refractivity contribution is 5.94. The standard InChI is InChI=1S/C11H13N3O3/c1-6-4-9(6)13-8-3-2-7(11(12)15)5-10(8)14(16)17/h2-3,5-6,9,13H,4H2,1H3,(H2,12,15). The molecule has 0 spiro atoms. The SMILES string of the molecule is CC1CC1Nc1ccc(C(N)=O)cc1[N+](=O)[O-]. The molecule has 2 rings (SSSR count). The first-order chi connectivity index (χ1) is 7.99. The molecule has 0 aliphatic heterocycles. The van der Waals surface area contributed by atoms with E-state index in [1.54, 1.807) is 0 Å². The highest BCUT2D eigenvalue weighted by Crippen LogP contribution is 2.35. The van der Waals surface area contributed by atoms with Crippen molar-refractivity contribution in [3.8, 4) is 0 Å². The molecular weight excluding hydrogens is 222 g/mol. The third kappa shape index (κ3) is 2.35. The van der Waals surface area contributed by atoms with Crippen LogP contribution in [0.25, 0.3) is 0 Å². The van der Waals surface area contributed by atoms with Gasteiger partial charge in [0.15, 0.2) is 0 Å². The van der Waals surface area contributed by atoms with E-state index in [4.69, 9.17) is 5.73 Å². The van der Waals surface area contributed by atoms with Crippen LogP contribution in [-0.2, 0) is 0 Å². The second kappa shape index (κ2) is 4.04. The molecule has 0 saturated heterocycles. The molecule has 1 fully saturated rings. The molecule has 3 N–H and O–H groups in total. The Morgan fingerprint density at radius 1 is 1.59 bits per heavy atom. The minimum Gasteiger partial charge on any atom is -0.376 e. The lowest BCUT2D eigenvalue weighted by Crippen LogP contribution is -2.12. The fraction of sp³-hybridized carbons (Fsp3) is 0.364. The van der Waals surface area contributed by atoms with Gasteiger partial charge in [0.2, 0.25) is 5.91 Å². The highest BCUT2D eigenvalue weighted by Gasteiger charge is 2.34. The Bertz CT molecular complexity index is 487. The number of primary amides is 1. The van der Waals surface area contributed by atoms with Crippen molar-refractivity contribution in [2.24, 2.45) is 11.7 Å². The first-order valence-corrected chi connectivity index (χ1v) is 5.34. The van der Waals surface area contributed by atoms with Crippen LogP contribution in [0.1, 0.15) is 23.7 Å². The molecule has 1 amide bonds. The van der Waals surface area contributed by atoms with Gasteiger partial charge in [0, 0.05) is 17.7 Å². The van der Waals surface area contributed by atoms with Crippen LogP contribution in [0.4, 0.5) is 11.4 Å². The summed E-state index contributed by atoms with van der Waals surface area (Å²) >= 11 is 0. The van der Waals surface area contributed by atoms with Gasteiger partial charge in [-0.05, 0) is 24.5 Å². The highest BCUT2D eigenvalue weighted by atomic mass is 16.6. The second-order valence-corrected chi connectivity index (χ2v) is 4.32. The Hall–Kier alpha value is -2.11. The molecule has 90 valence electrons. The Balaban J connectivity index is 2.31. The van der Waals surface area contributed by atoms with E-state index >= 15 is 0 Å². The van der Waals surface area contributed by atoms with Gasteiger partial charge in [-0.25, -0.2) is 0 Å². The van der Waals surface area contributed by atoms with Crippen LogP contribution in [-0.4, -0.2) is 16.9 Å². The summed E-state index contributed by atoms with van der Waals surface area (Å²) in [6.45, 7) is 2.07. The molecule has 0 aromatic heterocycles. The topological polar surface area (TPSA) is 98.3 Å². The van der Waals surface area contributed by atoms with Crippen LogP contribution in [0, 0.1) is 16.0 Å². The molecule has 0 bridgehead atoms. The van der Waals surface area contributed by atoms with Crippen LogP contribution in [0.15, 0.2) is 18.2 Å². The van der Waals surface area contributed by atoms with Gasteiger partial charge in [-0.15, -0.1) is 0 Å². The number of anilines is 1. The van der Waals surface area contributed by atoms with Crippen LogP contribution in [0.2, 0.25) is 0 Å². The van der Waals surface area contributed by atoms with E-state index in [0.717, 1.165) is 6.42 Å². The predicted molar refractivity (Wildman–Crippen MR) is 62.8 cm³/mol. The number of nitrogens with one attached hydrogen (secondary N) is 1. The van der Waals surface area contributed by atoms with Crippen molar-refractivity contribution in [1.82, 2.24) is 0 Å². The van der Waals surface area contributed by atoms with E-state index in [1.165, 1.54) is 18.2 Å². The summed E-state index contributed by atoms with van der Waals surface area (Å²) < 4.78 is 0. The van der Waals surface area contributed by atoms with Gasteiger partial charge in [-0.2, -0.15) is 0 Å². The summed E-state index contributed by atoms with van der Waals surface area (Å²) in [4.78, 5) is 21.3. The van der Waals surface area contributed by atoms with E-state index in [9.17, 15) is 14.9 Å². The molecule has 0 radical (unpaired) electrons. The maximum Gasteiger partial charge on any atom is 0.293 e. The number of nitro benzene ring substituents is 1. The van der Waals surface area contributed by atoms with Gasteiger partial charge in [-0.3, -0.25) is 14.9 Å². The number of benzene rings is 1. The number of nitrogens with two attached hydrogens (primary N) is 1. The Labute approximate surface area is 98.0 Å². The zero-order valence-electron chi connectivity index (χ0n) is 9.34. The van der Waals surface area contributed by atoms with Gasteiger partial charge in [-0.1, -0.05) is 6.92 Å². The zero-order chi connectivity index (χ0) is 12.6. The summed E-state index contributed by atoms with van der Waals surface area (Å²) in [5.41, 5.74) is 5.56. The van der Waals surface area contributed by atoms with Crippen LogP contribution in [0.5, 0.6) is 0 Å². The number of carbonyl (C=O) groups is 1. The number of rotatable bonds is 4. The number of hydrogen-bond donors (Lipinski definition) is 2. The quantitative estimate of drug-likeness (QED) is 0.610. The summed E-state index contributed by atoms with van der Waals surface area (Å²) in [6.07, 6.45) is 1.01. The summed E-state index contributed by atoms with van der Waals surface area (Å²) in [6, 6.07) is 4.51. The smallest absolute Gasteiger partial charge is 0.293 e. The van der Waals surface area contributed by atoms with Gasteiger partial charge in [0.05, 0.1) is 4.92 Å². The molecule has 0 heterocycles. The maximum absolute atomic E-state index is 11.0. The molecule has 1 aromatic rings. The normalized spacial score (nSPS) is 21.9. The number of nitro groups is 1. The zero-order valence-corrected chi connectivity index (χ0v) is 9.34. The van der Waals surface area contributed by atoms with Crippen molar-refractivity contribution in [3.05, 3.63) is 33.9 Å². The van der Waals surface area contributed by atoms with Crippen LogP contribution >= 0.6 is 0 Å². The lowest BCUT2D eigenvalue weighted by atomic mass is 10.1. The molecule has 2 unspecified atom stereocenters. The first-order valence-electron chi connectivity index (χ1n) is 5.34. The monoisotopic (exact) mass is 235 g/mol. The summed E-state index contributed by atoms with van der Waals surface area (Å²) in [7, 11) is 0. The average molecular weight is 235 g/mol. The molecular formula is C11H13N3O3. The fourth-order valence-corrected chi connectivity index (χ4v) is 1.68. The summed E-state index contributed by atoms with van der Waals surface area (Å²) in [5.74, 6) is -0.134. The third-order valence-corrected chi connectivity index (χ3v) is 2.93. The van der Waals surface area contributed by atoms with Gasteiger partial charge in [0.1, 0.15) is 5.69 Å². The number of amides is 1. The van der Waals surface area contributed by atoms with E-state index in [1.807, 2.05) is 0 Å². The number of carbonyl (C=O) groups excluding carboxylic acids is 1. The lowest BCUT2D eigenvalue weighted by Gasteiger charge is -2.06. The Morgan fingerprint density at radius 3 is 2.71 bits per heavy atom. The minimum atomic E-state index is -0.667. The molecule has 6 nitrogen and oxygen atoms in total. The molecule has 2 atom stereocenters. The van der Waals surface area contributed by atoms with Crippen molar-refractivity contribution >= 4 is 17.3 Å². The Morgan fingerprint density at radius 2 is 2.24 bits per heavy atom. The van der Waals surface area contributed by atoms with E-state index in [2.05, 4.69) is 12.2 Å². The van der Waals surface area contributed by atoms with Crippen molar-refractivity contribution in [2.75, 3.05) is 5.32 Å². The van der Waals surface area contributed by atoms with Crippen LogP contribution in [0.3, 0.4) is 0 Å². The fourth-order valence-electron chi connectivity index (χ4n) is 1.68. The van der Waals surface area contributed by atoms with Crippen molar-refractivity contribution in [1.29, 1.82) is 0 Å². The third-order valence-electron chi connectivity index (χ3n) is 2.93. The molecule has 1 aliphatic rings. The molecule has 17 heavy (non-hydrogen) atoms. The first kappa shape index (κ1) is 11.4. The van der Waals surface area contributed by atoms with Gasteiger partial charge >= 0.3 is 0 Å². The van der Waals surface area contributed by atoms with Crippen LogP contribution < -0.4 is 11.1 Å². The molecule has 1 aromatic carbocycles. The molecule has 6 heteroatoms. The predicted octanol–water partition coefficient (Wildman–Crippen LogP) is 1.51. The molecule has 1 aliphatic carbocycles. The van der Waals surface area contributed by atoms with E-state index < -0.39 is 10.8 Å². The van der Waals surface area contributed by atoms with E-state index in [-0.39, 0.29) is 17.3 Å². The average Bonchev–Trinajstić information content (AvgIpc) is 2.94. The summed E-state index contributed by atoms with van der Waals surface area (Å²) in [5, 5.41) is 14.0. The largest absolute Gasteiger partial charge is 0.376 e. The lowest BCUT2D eigenvalue weighted by molar-refractivity contribution is -0.384. The minimum absolute atomic E-state index is 0.111. The maximum atomic E-state index is 11.0. The van der Waals surface area contributed by atoms with Crippen molar-refractivity contribution in [2.45, 2.75) is 19.4 Å². The molecule has 1 saturated carbocycles.